The van der Waals surface area contributed by atoms with E-state index in [9.17, 15) is 5.26 Å². The topological polar surface area (TPSA) is 112 Å². The second-order valence-electron chi connectivity index (χ2n) is 8.50. The Morgan fingerprint density at radius 1 is 1.39 bits per heavy atom. The molecule has 3 atom stereocenters. The summed E-state index contributed by atoms with van der Waals surface area (Å²) in [6, 6.07) is 3.97. The molecular formula is C21H25N7O3. The summed E-state index contributed by atoms with van der Waals surface area (Å²) in [5.41, 5.74) is 0.880. The van der Waals surface area contributed by atoms with Gasteiger partial charge in [-0.1, -0.05) is 6.92 Å². The van der Waals surface area contributed by atoms with Gasteiger partial charge in [0.25, 0.3) is 5.88 Å². The van der Waals surface area contributed by atoms with Gasteiger partial charge in [-0.3, -0.25) is 4.68 Å². The van der Waals surface area contributed by atoms with Gasteiger partial charge in [-0.15, -0.1) is 5.10 Å². The van der Waals surface area contributed by atoms with Crippen LogP contribution in [0.5, 0.6) is 5.88 Å². The Labute approximate surface area is 184 Å². The summed E-state index contributed by atoms with van der Waals surface area (Å²) < 4.78 is 43.0. The molecule has 2 fully saturated rings. The third-order valence-corrected chi connectivity index (χ3v) is 5.91. The first-order valence-corrected chi connectivity index (χ1v) is 10.1. The number of rotatable bonds is 5. The van der Waals surface area contributed by atoms with E-state index in [0.29, 0.717) is 36.8 Å². The van der Waals surface area contributed by atoms with Crippen LogP contribution in [0.25, 0.3) is 11.0 Å². The van der Waals surface area contributed by atoms with Crippen molar-refractivity contribution in [2.24, 2.45) is 12.9 Å². The van der Waals surface area contributed by atoms with Crippen molar-refractivity contribution in [2.75, 3.05) is 25.1 Å². The highest BCUT2D eigenvalue weighted by Gasteiger charge is 2.43. The fourth-order valence-electron chi connectivity index (χ4n) is 3.92. The zero-order chi connectivity index (χ0) is 24.3. The van der Waals surface area contributed by atoms with Crippen LogP contribution in [0.1, 0.15) is 36.6 Å². The van der Waals surface area contributed by atoms with Crippen molar-refractivity contribution in [3.8, 4) is 11.9 Å². The zero-order valence-electron chi connectivity index (χ0n) is 20.5. The lowest BCUT2D eigenvalue weighted by Gasteiger charge is -2.43. The fraction of sp³-hybridized carbons (Fsp3) is 0.524. The van der Waals surface area contributed by atoms with E-state index in [1.165, 1.54) is 6.20 Å². The molecule has 162 valence electrons. The summed E-state index contributed by atoms with van der Waals surface area (Å²) in [6.45, 7) is 4.85. The van der Waals surface area contributed by atoms with Gasteiger partial charge in [-0.2, -0.15) is 10.2 Å². The van der Waals surface area contributed by atoms with E-state index in [4.69, 9.17) is 18.3 Å². The summed E-state index contributed by atoms with van der Waals surface area (Å²) in [5, 5.41) is 17.6. The molecule has 0 amide bonds. The molecule has 10 nitrogen and oxygen atoms in total. The van der Waals surface area contributed by atoms with Crippen LogP contribution >= 0.6 is 0 Å². The molecule has 0 saturated carbocycles. The summed E-state index contributed by atoms with van der Waals surface area (Å²) in [5.74, 6) is 0.564. The molecule has 3 aromatic heterocycles. The van der Waals surface area contributed by atoms with Gasteiger partial charge >= 0.3 is 0 Å². The number of nitriles is 1. The van der Waals surface area contributed by atoms with E-state index in [1.807, 2.05) is 18.4 Å². The maximum Gasteiger partial charge on any atom is 0.257 e. The molecule has 2 aliphatic rings. The van der Waals surface area contributed by atoms with Crippen LogP contribution in [-0.2, 0) is 16.4 Å². The van der Waals surface area contributed by atoms with Gasteiger partial charge in [0.1, 0.15) is 28.7 Å². The molecule has 0 aromatic carbocycles. The molecule has 0 bridgehead atoms. The van der Waals surface area contributed by atoms with Crippen molar-refractivity contribution in [3.63, 3.8) is 0 Å². The predicted molar refractivity (Wildman–Crippen MR) is 112 cm³/mol. The minimum absolute atomic E-state index is 0.0204. The molecular weight excluding hydrogens is 398 g/mol. The number of ether oxygens (including phenoxy) is 3. The predicted octanol–water partition coefficient (Wildman–Crippen LogP) is 2.54. The molecule has 2 saturated heterocycles. The maximum absolute atomic E-state index is 9.67. The first-order chi connectivity index (χ1) is 16.1. The second-order valence-corrected chi connectivity index (χ2v) is 8.50. The molecule has 0 unspecified atom stereocenters. The molecule has 10 heteroatoms. The number of aryl methyl sites for hydroxylation is 1. The summed E-state index contributed by atoms with van der Waals surface area (Å²) in [7, 11) is 0. The van der Waals surface area contributed by atoms with Gasteiger partial charge in [-0.05, 0) is 19.9 Å². The first kappa shape index (κ1) is 16.5. The van der Waals surface area contributed by atoms with E-state index < -0.39 is 12.6 Å². The van der Waals surface area contributed by atoms with E-state index >= 15 is 0 Å². The van der Waals surface area contributed by atoms with E-state index in [-0.39, 0.29) is 29.9 Å². The molecule has 0 radical (unpaired) electrons. The van der Waals surface area contributed by atoms with Crippen molar-refractivity contribution in [1.82, 2.24) is 24.3 Å². The van der Waals surface area contributed by atoms with Crippen molar-refractivity contribution in [1.29, 1.82) is 5.26 Å². The lowest BCUT2D eigenvalue weighted by Crippen LogP contribution is -2.56. The fourth-order valence-corrected chi connectivity index (χ4v) is 3.92. The SMILES string of the molecule is [2H]C([2H])([2H])n1cc(Nc2ncc3cc(C#N)n([C@H]4COC[C@@H]4C)c3n2)c(O[C@@H]2COC2(C)C)n1. The second kappa shape index (κ2) is 7.21. The summed E-state index contributed by atoms with van der Waals surface area (Å²) in [6.07, 6.45) is 2.69. The highest BCUT2D eigenvalue weighted by atomic mass is 16.6. The molecule has 5 heterocycles. The monoisotopic (exact) mass is 426 g/mol. The Bertz CT molecular complexity index is 1280. The number of anilines is 2. The van der Waals surface area contributed by atoms with Crippen molar-refractivity contribution >= 4 is 22.7 Å². The summed E-state index contributed by atoms with van der Waals surface area (Å²) >= 11 is 0. The van der Waals surface area contributed by atoms with Gasteiger partial charge in [0.05, 0.1) is 32.1 Å². The van der Waals surface area contributed by atoms with Gasteiger partial charge in [0, 0.05) is 28.6 Å². The third-order valence-electron chi connectivity index (χ3n) is 5.91. The number of fused-ring (bicyclic) bond motifs is 1. The Morgan fingerprint density at radius 2 is 2.26 bits per heavy atom. The average Bonchev–Trinajstić information content (AvgIpc) is 3.47. The number of nitrogens with one attached hydrogen (secondary N) is 1. The molecule has 3 aromatic rings. The molecule has 0 aliphatic carbocycles. The van der Waals surface area contributed by atoms with Crippen molar-refractivity contribution in [3.05, 3.63) is 24.2 Å². The largest absolute Gasteiger partial charge is 0.466 e. The molecule has 0 spiro atoms. The molecule has 31 heavy (non-hydrogen) atoms. The molecule has 1 N–H and O–H groups in total. The van der Waals surface area contributed by atoms with Crippen LogP contribution in [0.4, 0.5) is 11.6 Å². The maximum atomic E-state index is 9.67. The lowest BCUT2D eigenvalue weighted by molar-refractivity contribution is -0.208. The number of nitrogens with zero attached hydrogens (tertiary/aromatic N) is 6. The first-order valence-electron chi connectivity index (χ1n) is 11.6. The third kappa shape index (κ3) is 3.40. The van der Waals surface area contributed by atoms with E-state index in [1.54, 1.807) is 12.3 Å². The number of aromatic nitrogens is 5. The van der Waals surface area contributed by atoms with Crippen molar-refractivity contribution in [2.45, 2.75) is 38.5 Å². The lowest BCUT2D eigenvalue weighted by atomic mass is 9.96. The highest BCUT2D eigenvalue weighted by molar-refractivity contribution is 5.79. The number of hydrogen-bond donors (Lipinski definition) is 1. The van der Waals surface area contributed by atoms with Gasteiger partial charge < -0.3 is 24.1 Å². The van der Waals surface area contributed by atoms with Gasteiger partial charge in [0.15, 0.2) is 6.10 Å². The quantitative estimate of drug-likeness (QED) is 0.662. The minimum Gasteiger partial charge on any atom is -0.466 e. The highest BCUT2D eigenvalue weighted by Crippen LogP contribution is 2.34. The van der Waals surface area contributed by atoms with Crippen molar-refractivity contribution < 1.29 is 18.3 Å². The molecule has 2 aliphatic heterocycles. The Balaban J connectivity index is 1.51. The zero-order valence-corrected chi connectivity index (χ0v) is 17.5. The normalized spacial score (nSPS) is 26.5. The van der Waals surface area contributed by atoms with Crippen LogP contribution in [0.2, 0.25) is 0 Å². The number of hydrogen-bond acceptors (Lipinski definition) is 8. The van der Waals surface area contributed by atoms with Crippen LogP contribution in [0.3, 0.4) is 0 Å². The van der Waals surface area contributed by atoms with Crippen LogP contribution in [-0.4, -0.2) is 55.8 Å². The smallest absolute Gasteiger partial charge is 0.257 e. The van der Waals surface area contributed by atoms with Gasteiger partial charge in [-0.25, -0.2) is 4.98 Å². The molecule has 5 rings (SSSR count). The Hall–Kier alpha value is -3.16. The van der Waals surface area contributed by atoms with Crippen LogP contribution in [0, 0.1) is 17.2 Å². The van der Waals surface area contributed by atoms with Crippen LogP contribution < -0.4 is 10.1 Å². The Morgan fingerprint density at radius 3 is 2.90 bits per heavy atom. The summed E-state index contributed by atoms with van der Waals surface area (Å²) in [4.78, 5) is 9.01. The van der Waals surface area contributed by atoms with Gasteiger partial charge in [0.2, 0.25) is 5.95 Å². The Kier molecular flexibility index (Phi) is 3.85. The van der Waals surface area contributed by atoms with Crippen LogP contribution in [0.15, 0.2) is 18.5 Å². The van der Waals surface area contributed by atoms with E-state index in [2.05, 4.69) is 33.4 Å². The standard InChI is InChI=1S/C21H25N7O3/c1-12-9-29-10-16(12)28-14(6-22)5-13-7-23-20(25-18(13)28)24-15-8-27(4)26-19(15)31-17-11-30-21(17,2)3/h5,7-8,12,16-17H,9-11H2,1-4H3,(H,23,24,25)/t12-,16-,17+/m0/s1/i4D3. The van der Waals surface area contributed by atoms with E-state index in [0.717, 1.165) is 10.1 Å². The average molecular weight is 426 g/mol. The minimum atomic E-state index is -2.48.